The van der Waals surface area contributed by atoms with Crippen molar-refractivity contribution < 1.29 is 4.79 Å². The molecule has 0 aromatic heterocycles. The molecule has 1 heterocycles. The zero-order valence-corrected chi connectivity index (χ0v) is 12.9. The van der Waals surface area contributed by atoms with Gasteiger partial charge in [-0.05, 0) is 48.5 Å². The van der Waals surface area contributed by atoms with Crippen LogP contribution in [0.15, 0.2) is 24.3 Å². The van der Waals surface area contributed by atoms with Crippen molar-refractivity contribution in [1.82, 2.24) is 5.32 Å². The van der Waals surface area contributed by atoms with Gasteiger partial charge < -0.3 is 5.32 Å². The summed E-state index contributed by atoms with van der Waals surface area (Å²) in [6.07, 6.45) is 4.60. The summed E-state index contributed by atoms with van der Waals surface area (Å²) in [5.41, 5.74) is 2.08. The molecule has 2 aliphatic rings. The van der Waals surface area contributed by atoms with Crippen molar-refractivity contribution in [3.8, 4) is 6.07 Å². The third-order valence-corrected chi connectivity index (χ3v) is 5.73. The van der Waals surface area contributed by atoms with Crippen LogP contribution in [0.4, 0.5) is 0 Å². The summed E-state index contributed by atoms with van der Waals surface area (Å²) in [5, 5.41) is 12.4. The van der Waals surface area contributed by atoms with Crippen LogP contribution in [-0.2, 0) is 11.2 Å². The molecular formula is C17H20N2OS. The lowest BCUT2D eigenvalue weighted by Crippen LogP contribution is -2.47. The number of hydrogen-bond donors (Lipinski definition) is 1. The quantitative estimate of drug-likeness (QED) is 0.933. The number of benzene rings is 1. The fourth-order valence-electron chi connectivity index (χ4n) is 3.39. The van der Waals surface area contributed by atoms with Crippen LogP contribution in [0, 0.1) is 11.3 Å². The van der Waals surface area contributed by atoms with Crippen molar-refractivity contribution in [2.24, 2.45) is 0 Å². The molecule has 21 heavy (non-hydrogen) atoms. The minimum Gasteiger partial charge on any atom is -0.337 e. The molecule has 0 spiro atoms. The Bertz CT molecular complexity index is 572. The Labute approximate surface area is 130 Å². The predicted octanol–water partition coefficient (Wildman–Crippen LogP) is 3.01. The average Bonchev–Trinajstić information content (AvgIpc) is 2.96. The third-order valence-electron chi connectivity index (χ3n) is 4.54. The second-order valence-electron chi connectivity index (χ2n) is 6.04. The highest BCUT2D eigenvalue weighted by atomic mass is 32.2. The zero-order chi connectivity index (χ0) is 14.7. The Morgan fingerprint density at radius 3 is 3.10 bits per heavy atom. The van der Waals surface area contributed by atoms with E-state index in [0.29, 0.717) is 12.3 Å². The SMILES string of the molecule is N#C[C@]1(NC(=O)C[C@H]2CCCc3ccccc32)CCSC1. The van der Waals surface area contributed by atoms with Crippen LogP contribution in [0.5, 0.6) is 0 Å². The van der Waals surface area contributed by atoms with Crippen LogP contribution in [-0.4, -0.2) is 23.0 Å². The number of carbonyl (C=O) groups excluding carboxylic acids is 1. The van der Waals surface area contributed by atoms with Gasteiger partial charge in [-0.3, -0.25) is 4.79 Å². The van der Waals surface area contributed by atoms with E-state index in [1.54, 1.807) is 11.8 Å². The van der Waals surface area contributed by atoms with Gasteiger partial charge in [0.1, 0.15) is 5.54 Å². The van der Waals surface area contributed by atoms with Crippen molar-refractivity contribution in [1.29, 1.82) is 5.26 Å². The van der Waals surface area contributed by atoms with Gasteiger partial charge in [0, 0.05) is 12.2 Å². The number of thioether (sulfide) groups is 1. The molecule has 1 N–H and O–H groups in total. The van der Waals surface area contributed by atoms with Gasteiger partial charge in [-0.25, -0.2) is 0 Å². The highest BCUT2D eigenvalue weighted by molar-refractivity contribution is 7.99. The normalized spacial score (nSPS) is 27.7. The van der Waals surface area contributed by atoms with Crippen molar-refractivity contribution in [2.75, 3.05) is 11.5 Å². The minimum absolute atomic E-state index is 0.0285. The van der Waals surface area contributed by atoms with Gasteiger partial charge in [-0.1, -0.05) is 24.3 Å². The lowest BCUT2D eigenvalue weighted by atomic mass is 9.81. The van der Waals surface area contributed by atoms with Crippen LogP contribution in [0.3, 0.4) is 0 Å². The fourth-order valence-corrected chi connectivity index (χ4v) is 4.65. The van der Waals surface area contributed by atoms with Gasteiger partial charge in [0.25, 0.3) is 0 Å². The molecule has 0 saturated carbocycles. The maximum Gasteiger partial charge on any atom is 0.221 e. The highest BCUT2D eigenvalue weighted by Gasteiger charge is 2.36. The number of aryl methyl sites for hydroxylation is 1. The van der Waals surface area contributed by atoms with E-state index in [1.165, 1.54) is 11.1 Å². The van der Waals surface area contributed by atoms with E-state index in [1.807, 2.05) is 0 Å². The van der Waals surface area contributed by atoms with Gasteiger partial charge in [0.05, 0.1) is 6.07 Å². The van der Waals surface area contributed by atoms with Crippen LogP contribution >= 0.6 is 11.8 Å². The zero-order valence-electron chi connectivity index (χ0n) is 12.1. The minimum atomic E-state index is -0.629. The first kappa shape index (κ1) is 14.5. The summed E-state index contributed by atoms with van der Waals surface area (Å²) in [6, 6.07) is 10.8. The molecule has 1 aromatic carbocycles. The highest BCUT2D eigenvalue weighted by Crippen LogP contribution is 2.34. The van der Waals surface area contributed by atoms with E-state index >= 15 is 0 Å². The van der Waals surface area contributed by atoms with Crippen molar-refractivity contribution in [3.63, 3.8) is 0 Å². The number of nitriles is 1. The molecule has 2 atom stereocenters. The fraction of sp³-hybridized carbons (Fsp3) is 0.529. The molecule has 0 radical (unpaired) electrons. The molecule has 3 nitrogen and oxygen atoms in total. The van der Waals surface area contributed by atoms with E-state index in [2.05, 4.69) is 35.7 Å². The standard InChI is InChI=1S/C17H20N2OS/c18-11-17(8-9-21-12-17)19-16(20)10-14-6-3-5-13-4-1-2-7-15(13)14/h1-2,4,7,14H,3,5-6,8-10,12H2,(H,19,20)/t14-,17-/m1/s1. The number of nitrogens with one attached hydrogen (secondary N) is 1. The first-order chi connectivity index (χ1) is 10.2. The first-order valence-corrected chi connectivity index (χ1v) is 8.76. The van der Waals surface area contributed by atoms with Gasteiger partial charge in [0.2, 0.25) is 5.91 Å². The van der Waals surface area contributed by atoms with E-state index < -0.39 is 5.54 Å². The Hall–Kier alpha value is -1.47. The average molecular weight is 300 g/mol. The Morgan fingerprint density at radius 1 is 1.48 bits per heavy atom. The van der Waals surface area contributed by atoms with E-state index in [4.69, 9.17) is 0 Å². The smallest absolute Gasteiger partial charge is 0.221 e. The largest absolute Gasteiger partial charge is 0.337 e. The molecule has 0 unspecified atom stereocenters. The molecule has 3 rings (SSSR count). The second-order valence-corrected chi connectivity index (χ2v) is 7.14. The predicted molar refractivity (Wildman–Crippen MR) is 85.2 cm³/mol. The maximum atomic E-state index is 12.4. The molecule has 1 aliphatic heterocycles. The van der Waals surface area contributed by atoms with Crippen LogP contribution < -0.4 is 5.32 Å². The number of nitrogens with zero attached hydrogens (tertiary/aromatic N) is 1. The van der Waals surface area contributed by atoms with Crippen molar-refractivity contribution >= 4 is 17.7 Å². The van der Waals surface area contributed by atoms with Crippen molar-refractivity contribution in [3.05, 3.63) is 35.4 Å². The summed E-state index contributed by atoms with van der Waals surface area (Å²) in [5.74, 6) is 2.01. The summed E-state index contributed by atoms with van der Waals surface area (Å²) in [7, 11) is 0. The topological polar surface area (TPSA) is 52.9 Å². The monoisotopic (exact) mass is 300 g/mol. The Kier molecular flexibility index (Phi) is 4.21. The third kappa shape index (κ3) is 3.08. The Balaban J connectivity index is 1.67. The van der Waals surface area contributed by atoms with Gasteiger partial charge >= 0.3 is 0 Å². The maximum absolute atomic E-state index is 12.4. The molecular weight excluding hydrogens is 280 g/mol. The Morgan fingerprint density at radius 2 is 2.33 bits per heavy atom. The van der Waals surface area contributed by atoms with E-state index in [9.17, 15) is 10.1 Å². The summed E-state index contributed by atoms with van der Waals surface area (Å²) in [6.45, 7) is 0. The number of fused-ring (bicyclic) bond motifs is 1. The molecule has 1 saturated heterocycles. The van der Waals surface area contributed by atoms with Crippen molar-refractivity contribution in [2.45, 2.75) is 43.6 Å². The van der Waals surface area contributed by atoms with Gasteiger partial charge in [0.15, 0.2) is 0 Å². The number of amides is 1. The molecule has 110 valence electrons. The summed E-state index contributed by atoms with van der Waals surface area (Å²) < 4.78 is 0. The molecule has 1 amide bonds. The van der Waals surface area contributed by atoms with Crippen LogP contribution in [0.25, 0.3) is 0 Å². The molecule has 0 bridgehead atoms. The van der Waals surface area contributed by atoms with E-state index in [-0.39, 0.29) is 5.91 Å². The lowest BCUT2D eigenvalue weighted by molar-refractivity contribution is -0.122. The number of carbonyl (C=O) groups is 1. The van der Waals surface area contributed by atoms with E-state index in [0.717, 1.165) is 37.2 Å². The van der Waals surface area contributed by atoms with Crippen LogP contribution in [0.2, 0.25) is 0 Å². The lowest BCUT2D eigenvalue weighted by Gasteiger charge is -2.27. The molecule has 4 heteroatoms. The van der Waals surface area contributed by atoms with Gasteiger partial charge in [-0.2, -0.15) is 17.0 Å². The second kappa shape index (κ2) is 6.11. The molecule has 1 aromatic rings. The summed E-state index contributed by atoms with van der Waals surface area (Å²) >= 11 is 1.75. The summed E-state index contributed by atoms with van der Waals surface area (Å²) in [4.78, 5) is 12.4. The van der Waals surface area contributed by atoms with Gasteiger partial charge in [-0.15, -0.1) is 0 Å². The first-order valence-electron chi connectivity index (χ1n) is 7.60. The molecule has 1 fully saturated rings. The number of hydrogen-bond acceptors (Lipinski definition) is 3. The number of rotatable bonds is 3. The van der Waals surface area contributed by atoms with Crippen LogP contribution in [0.1, 0.15) is 42.7 Å². The molecule has 1 aliphatic carbocycles.